The molecule has 0 fully saturated rings. The van der Waals surface area contributed by atoms with E-state index < -0.39 is 22.9 Å². The van der Waals surface area contributed by atoms with Gasteiger partial charge in [0.15, 0.2) is 11.9 Å². The van der Waals surface area contributed by atoms with Gasteiger partial charge >= 0.3 is 17.6 Å². The fourth-order valence-electron chi connectivity index (χ4n) is 4.12. The number of nitrogens with zero attached hydrogens (tertiary/aromatic N) is 3. The van der Waals surface area contributed by atoms with Crippen LogP contribution in [0.5, 0.6) is 11.5 Å². The average Bonchev–Trinajstić information content (AvgIpc) is 3.58. The summed E-state index contributed by atoms with van der Waals surface area (Å²) in [5.74, 6) is -0.458. The van der Waals surface area contributed by atoms with Crippen molar-refractivity contribution in [3.05, 3.63) is 105 Å². The number of nitro groups is 1. The minimum absolute atomic E-state index is 0.00824. The number of aromatic nitrogens is 1. The van der Waals surface area contributed by atoms with Gasteiger partial charge in [0.25, 0.3) is 0 Å². The Kier molecular flexibility index (Phi) is 9.38. The van der Waals surface area contributed by atoms with Crippen molar-refractivity contribution in [2.45, 2.75) is 40.4 Å². The highest BCUT2D eigenvalue weighted by atomic mass is 16.6. The number of esters is 1. The SMILES string of the molecule is CCOC(=O)[C@@H](C)Oc1c(/C=N/NC(=O)c2ccc(COc3ccc(-n4c(C)ccc4C)cc3)o2)cccc1[N+](=O)[O-]. The molecule has 0 unspecified atom stereocenters. The van der Waals surface area contributed by atoms with Crippen LogP contribution in [-0.4, -0.2) is 40.3 Å². The number of nitro benzene ring substituents is 1. The number of hydrogen-bond donors (Lipinski definition) is 1. The van der Waals surface area contributed by atoms with Gasteiger partial charge in [-0.25, -0.2) is 10.2 Å². The molecule has 0 bridgehead atoms. The third kappa shape index (κ3) is 7.02. The molecule has 1 atom stereocenters. The summed E-state index contributed by atoms with van der Waals surface area (Å²) in [5, 5.41) is 15.4. The molecule has 2 aromatic carbocycles. The number of rotatable bonds is 12. The topological polar surface area (TPSA) is 147 Å². The van der Waals surface area contributed by atoms with Crippen LogP contribution in [0, 0.1) is 24.0 Å². The second kappa shape index (κ2) is 13.3. The van der Waals surface area contributed by atoms with Crippen molar-refractivity contribution < 1.29 is 33.1 Å². The van der Waals surface area contributed by atoms with Gasteiger partial charge in [-0.05, 0) is 82.3 Å². The molecule has 0 saturated carbocycles. The van der Waals surface area contributed by atoms with E-state index in [0.717, 1.165) is 17.1 Å². The maximum absolute atomic E-state index is 12.6. The van der Waals surface area contributed by atoms with E-state index in [4.69, 9.17) is 18.6 Å². The smallest absolute Gasteiger partial charge is 0.347 e. The molecule has 0 spiro atoms. The first-order valence-corrected chi connectivity index (χ1v) is 13.1. The van der Waals surface area contributed by atoms with Crippen molar-refractivity contribution in [1.82, 2.24) is 9.99 Å². The molecule has 1 N–H and O–H groups in total. The summed E-state index contributed by atoms with van der Waals surface area (Å²) in [4.78, 5) is 35.4. The number of carbonyl (C=O) groups excluding carboxylic acids is 2. The Bertz CT molecular complexity index is 1580. The first-order valence-electron chi connectivity index (χ1n) is 13.1. The van der Waals surface area contributed by atoms with E-state index in [1.807, 2.05) is 38.1 Å². The summed E-state index contributed by atoms with van der Waals surface area (Å²) >= 11 is 0. The van der Waals surface area contributed by atoms with Gasteiger partial charge in [0.05, 0.1) is 17.7 Å². The summed E-state index contributed by atoms with van der Waals surface area (Å²) < 4.78 is 24.0. The molecule has 0 radical (unpaired) electrons. The summed E-state index contributed by atoms with van der Waals surface area (Å²) in [6, 6.07) is 19.0. The molecule has 4 aromatic rings. The Labute approximate surface area is 241 Å². The molecule has 0 aliphatic carbocycles. The second-order valence-corrected chi connectivity index (χ2v) is 9.16. The van der Waals surface area contributed by atoms with Gasteiger partial charge in [-0.15, -0.1) is 0 Å². The zero-order valence-corrected chi connectivity index (χ0v) is 23.5. The number of aryl methyl sites for hydroxylation is 2. The lowest BCUT2D eigenvalue weighted by atomic mass is 10.2. The first kappa shape index (κ1) is 29.6. The lowest BCUT2D eigenvalue weighted by Crippen LogP contribution is -2.27. The number of benzene rings is 2. The van der Waals surface area contributed by atoms with Crippen molar-refractivity contribution >= 4 is 23.8 Å². The van der Waals surface area contributed by atoms with E-state index in [0.29, 0.717) is 11.5 Å². The van der Waals surface area contributed by atoms with E-state index in [2.05, 4.69) is 27.2 Å². The van der Waals surface area contributed by atoms with E-state index in [-0.39, 0.29) is 36.0 Å². The van der Waals surface area contributed by atoms with Gasteiger partial charge in [0.1, 0.15) is 18.1 Å². The Morgan fingerprint density at radius 3 is 2.45 bits per heavy atom. The Hall–Kier alpha value is -5.39. The minimum Gasteiger partial charge on any atom is -0.486 e. The fourth-order valence-corrected chi connectivity index (χ4v) is 4.12. The van der Waals surface area contributed by atoms with Gasteiger partial charge in [0, 0.05) is 28.7 Å². The lowest BCUT2D eigenvalue weighted by molar-refractivity contribution is -0.386. The van der Waals surface area contributed by atoms with Crippen LogP contribution in [-0.2, 0) is 16.1 Å². The lowest BCUT2D eigenvalue weighted by Gasteiger charge is -2.15. The largest absolute Gasteiger partial charge is 0.486 e. The highest BCUT2D eigenvalue weighted by molar-refractivity contribution is 5.93. The normalized spacial score (nSPS) is 11.7. The third-order valence-corrected chi connectivity index (χ3v) is 6.14. The highest BCUT2D eigenvalue weighted by Gasteiger charge is 2.24. The molecule has 2 aromatic heterocycles. The van der Waals surface area contributed by atoms with E-state index >= 15 is 0 Å². The van der Waals surface area contributed by atoms with Crippen molar-refractivity contribution in [3.8, 4) is 17.2 Å². The van der Waals surface area contributed by atoms with Crippen molar-refractivity contribution in [2.24, 2.45) is 5.10 Å². The molecule has 0 saturated heterocycles. The Balaban J connectivity index is 1.37. The Morgan fingerprint density at radius 1 is 1.07 bits per heavy atom. The molecule has 0 aliphatic rings. The molecule has 12 heteroatoms. The molecule has 12 nitrogen and oxygen atoms in total. The van der Waals surface area contributed by atoms with Gasteiger partial charge in [-0.2, -0.15) is 5.10 Å². The van der Waals surface area contributed by atoms with Crippen LogP contribution in [0.4, 0.5) is 5.69 Å². The molecular weight excluding hydrogens is 544 g/mol. The van der Waals surface area contributed by atoms with E-state index in [1.54, 1.807) is 13.0 Å². The quantitative estimate of drug-likeness (QED) is 0.104. The summed E-state index contributed by atoms with van der Waals surface area (Å²) in [6.45, 7) is 7.37. The zero-order valence-electron chi connectivity index (χ0n) is 23.5. The van der Waals surface area contributed by atoms with Crippen molar-refractivity contribution in [3.63, 3.8) is 0 Å². The van der Waals surface area contributed by atoms with Crippen LogP contribution < -0.4 is 14.9 Å². The molecule has 1 amide bonds. The zero-order chi connectivity index (χ0) is 30.2. The highest BCUT2D eigenvalue weighted by Crippen LogP contribution is 2.31. The predicted molar refractivity (Wildman–Crippen MR) is 153 cm³/mol. The van der Waals surface area contributed by atoms with Crippen LogP contribution in [0.2, 0.25) is 0 Å². The number of nitrogens with one attached hydrogen (secondary N) is 1. The number of hydrogen-bond acceptors (Lipinski definition) is 9. The number of hydrazone groups is 1. The predicted octanol–water partition coefficient (Wildman–Crippen LogP) is 5.27. The van der Waals surface area contributed by atoms with Crippen LogP contribution in [0.15, 0.2) is 76.2 Å². The maximum atomic E-state index is 12.6. The standard InChI is InChI=1S/C30H30N4O8/c1-5-39-30(36)21(4)41-28-22(7-6-8-26(28)34(37)38)17-31-32-29(35)27-16-15-25(42-27)18-40-24-13-11-23(12-14-24)33-19(2)9-10-20(33)3/h6-17,21H,5,18H2,1-4H3,(H,32,35)/b31-17+/t21-/m1/s1. The number of amides is 1. The summed E-state index contributed by atoms with van der Waals surface area (Å²) in [6.07, 6.45) is 0.0631. The maximum Gasteiger partial charge on any atom is 0.347 e. The molecule has 2 heterocycles. The van der Waals surface area contributed by atoms with Crippen LogP contribution >= 0.6 is 0 Å². The monoisotopic (exact) mass is 574 g/mol. The van der Waals surface area contributed by atoms with Gasteiger partial charge < -0.3 is 23.2 Å². The second-order valence-electron chi connectivity index (χ2n) is 9.16. The number of carbonyl (C=O) groups is 2. The third-order valence-electron chi connectivity index (χ3n) is 6.14. The molecule has 42 heavy (non-hydrogen) atoms. The van der Waals surface area contributed by atoms with Crippen LogP contribution in [0.25, 0.3) is 5.69 Å². The van der Waals surface area contributed by atoms with Gasteiger partial charge in [0.2, 0.25) is 5.75 Å². The van der Waals surface area contributed by atoms with Crippen LogP contribution in [0.1, 0.15) is 47.1 Å². The molecule has 4 rings (SSSR count). The molecule has 0 aliphatic heterocycles. The van der Waals surface area contributed by atoms with Crippen molar-refractivity contribution in [1.29, 1.82) is 0 Å². The number of ether oxygens (including phenoxy) is 3. The Morgan fingerprint density at radius 2 is 1.79 bits per heavy atom. The first-order chi connectivity index (χ1) is 20.2. The van der Waals surface area contributed by atoms with Gasteiger partial charge in [-0.3, -0.25) is 14.9 Å². The number of para-hydroxylation sites is 1. The average molecular weight is 575 g/mol. The minimum atomic E-state index is -1.11. The van der Waals surface area contributed by atoms with E-state index in [9.17, 15) is 19.7 Å². The van der Waals surface area contributed by atoms with E-state index in [1.165, 1.54) is 37.4 Å². The number of furan rings is 1. The molecule has 218 valence electrons. The fraction of sp³-hybridized carbons (Fsp3) is 0.233. The molecular formula is C30H30N4O8. The summed E-state index contributed by atoms with van der Waals surface area (Å²) in [7, 11) is 0. The summed E-state index contributed by atoms with van der Waals surface area (Å²) in [5.41, 5.74) is 5.40. The van der Waals surface area contributed by atoms with Crippen LogP contribution in [0.3, 0.4) is 0 Å². The van der Waals surface area contributed by atoms with Gasteiger partial charge in [-0.1, -0.05) is 6.07 Å². The van der Waals surface area contributed by atoms with Crippen molar-refractivity contribution in [2.75, 3.05) is 6.61 Å².